The number of carbonyl (C=O) groups excluding carboxylic acids is 1. The minimum absolute atomic E-state index is 0.153. The summed E-state index contributed by atoms with van der Waals surface area (Å²) in [6, 6.07) is 0.760. The Balaban J connectivity index is 2.84. The Labute approximate surface area is 95.6 Å². The maximum absolute atomic E-state index is 12.2. The monoisotopic (exact) mass is 248 g/mol. The molecule has 1 aromatic heterocycles. The Morgan fingerprint density at radius 1 is 1.53 bits per heavy atom. The number of alkyl halides is 3. The lowest BCUT2D eigenvalue weighted by molar-refractivity contribution is -0.144. The van der Waals surface area contributed by atoms with Crippen LogP contribution in [-0.2, 0) is 15.7 Å². The molecule has 0 fully saturated rings. The Hall–Kier alpha value is -1.63. The number of hydrogen-bond donors (Lipinski definition) is 1. The van der Waals surface area contributed by atoms with Crippen LogP contribution in [0.1, 0.15) is 24.2 Å². The third-order valence-electron chi connectivity index (χ3n) is 1.98. The van der Waals surface area contributed by atoms with Gasteiger partial charge in [0, 0.05) is 6.20 Å². The van der Waals surface area contributed by atoms with Crippen molar-refractivity contribution < 1.29 is 22.7 Å². The maximum atomic E-state index is 12.2. The molecule has 0 bridgehead atoms. The van der Waals surface area contributed by atoms with Crippen LogP contribution in [0.4, 0.5) is 13.2 Å². The lowest BCUT2D eigenvalue weighted by atomic mass is 10.1. The smallest absolute Gasteiger partial charge is 0.433 e. The van der Waals surface area contributed by atoms with E-state index in [1.54, 1.807) is 6.92 Å². The zero-order valence-electron chi connectivity index (χ0n) is 8.99. The molecule has 0 spiro atoms. The van der Waals surface area contributed by atoms with Crippen molar-refractivity contribution in [3.8, 4) is 0 Å². The molecule has 4 nitrogen and oxygen atoms in total. The zero-order chi connectivity index (χ0) is 13.1. The van der Waals surface area contributed by atoms with Gasteiger partial charge in [-0.1, -0.05) is 6.07 Å². The first kappa shape index (κ1) is 13.4. The van der Waals surface area contributed by atoms with Gasteiger partial charge in [0.1, 0.15) is 11.7 Å². The molecule has 1 atom stereocenters. The van der Waals surface area contributed by atoms with E-state index in [0.29, 0.717) is 0 Å². The molecule has 0 aromatic carbocycles. The second-order valence-electron chi connectivity index (χ2n) is 3.20. The van der Waals surface area contributed by atoms with E-state index < -0.39 is 23.9 Å². The number of nitrogens with two attached hydrogens (primary N) is 1. The average Bonchev–Trinajstić information content (AvgIpc) is 2.27. The van der Waals surface area contributed by atoms with Crippen molar-refractivity contribution in [1.82, 2.24) is 4.98 Å². The van der Waals surface area contributed by atoms with Gasteiger partial charge < -0.3 is 10.5 Å². The number of ether oxygens (including phenoxy) is 1. The molecule has 94 valence electrons. The largest absolute Gasteiger partial charge is 0.465 e. The number of esters is 1. The van der Waals surface area contributed by atoms with Crippen LogP contribution in [0.5, 0.6) is 0 Å². The molecule has 0 saturated heterocycles. The van der Waals surface area contributed by atoms with Gasteiger partial charge in [-0.2, -0.15) is 13.2 Å². The summed E-state index contributed by atoms with van der Waals surface area (Å²) >= 11 is 0. The third kappa shape index (κ3) is 3.42. The summed E-state index contributed by atoms with van der Waals surface area (Å²) in [4.78, 5) is 14.4. The van der Waals surface area contributed by atoms with Crippen LogP contribution in [0.25, 0.3) is 0 Å². The normalized spacial score (nSPS) is 13.2. The van der Waals surface area contributed by atoms with Gasteiger partial charge >= 0.3 is 12.1 Å². The van der Waals surface area contributed by atoms with Crippen LogP contribution in [0.3, 0.4) is 0 Å². The van der Waals surface area contributed by atoms with Gasteiger partial charge in [-0.15, -0.1) is 0 Å². The minimum Gasteiger partial charge on any atom is -0.465 e. The van der Waals surface area contributed by atoms with Crippen molar-refractivity contribution in [2.75, 3.05) is 6.61 Å². The van der Waals surface area contributed by atoms with Crippen molar-refractivity contribution >= 4 is 5.97 Å². The summed E-state index contributed by atoms with van der Waals surface area (Å²) in [7, 11) is 0. The highest BCUT2D eigenvalue weighted by atomic mass is 19.4. The lowest BCUT2D eigenvalue weighted by Gasteiger charge is -2.11. The van der Waals surface area contributed by atoms with Gasteiger partial charge in [-0.25, -0.2) is 4.79 Å². The minimum atomic E-state index is -4.51. The molecular formula is C10H11F3N2O2. The highest BCUT2D eigenvalue weighted by molar-refractivity contribution is 5.77. The second kappa shape index (κ2) is 5.13. The number of halogens is 3. The van der Waals surface area contributed by atoms with E-state index in [1.165, 1.54) is 0 Å². The van der Waals surface area contributed by atoms with E-state index in [4.69, 9.17) is 5.73 Å². The number of rotatable bonds is 3. The van der Waals surface area contributed by atoms with Gasteiger partial charge in [0.05, 0.1) is 6.61 Å². The summed E-state index contributed by atoms with van der Waals surface area (Å²) in [5.41, 5.74) is 4.63. The molecule has 0 amide bonds. The van der Waals surface area contributed by atoms with E-state index in [-0.39, 0.29) is 12.2 Å². The molecule has 1 rings (SSSR count). The summed E-state index contributed by atoms with van der Waals surface area (Å²) < 4.78 is 41.3. The van der Waals surface area contributed by atoms with Gasteiger partial charge in [-0.05, 0) is 18.6 Å². The van der Waals surface area contributed by atoms with Crippen LogP contribution in [0, 0.1) is 0 Å². The Kier molecular flexibility index (Phi) is 4.06. The fraction of sp³-hybridized carbons (Fsp3) is 0.400. The molecule has 0 saturated carbocycles. The molecule has 7 heteroatoms. The molecular weight excluding hydrogens is 237 g/mol. The first-order valence-corrected chi connectivity index (χ1v) is 4.81. The fourth-order valence-corrected chi connectivity index (χ4v) is 1.13. The quantitative estimate of drug-likeness (QED) is 0.826. The molecule has 0 radical (unpaired) electrons. The maximum Gasteiger partial charge on any atom is 0.433 e. The highest BCUT2D eigenvalue weighted by Gasteiger charge is 2.32. The number of carbonyl (C=O) groups is 1. The number of aromatic nitrogens is 1. The van der Waals surface area contributed by atoms with Gasteiger partial charge in [-0.3, -0.25) is 4.98 Å². The van der Waals surface area contributed by atoms with Crippen molar-refractivity contribution in [3.05, 3.63) is 29.6 Å². The van der Waals surface area contributed by atoms with Crippen LogP contribution >= 0.6 is 0 Å². The molecule has 1 unspecified atom stereocenters. The van der Waals surface area contributed by atoms with E-state index >= 15 is 0 Å². The molecule has 0 aliphatic rings. The Bertz CT molecular complexity index is 390. The standard InChI is InChI=1S/C10H11F3N2O2/c1-2-17-9(16)8(14)6-3-4-7(15-5-6)10(11,12)13/h3-5,8H,2,14H2,1H3. The van der Waals surface area contributed by atoms with Crippen LogP contribution < -0.4 is 5.73 Å². The van der Waals surface area contributed by atoms with Gasteiger partial charge in [0.2, 0.25) is 0 Å². The van der Waals surface area contributed by atoms with E-state index in [2.05, 4.69) is 9.72 Å². The first-order chi connectivity index (χ1) is 7.86. The lowest BCUT2D eigenvalue weighted by Crippen LogP contribution is -2.24. The molecule has 1 aromatic rings. The number of nitrogens with zero attached hydrogens (tertiary/aromatic N) is 1. The van der Waals surface area contributed by atoms with E-state index in [0.717, 1.165) is 18.3 Å². The summed E-state index contributed by atoms with van der Waals surface area (Å²) in [5, 5.41) is 0. The van der Waals surface area contributed by atoms with Crippen molar-refractivity contribution in [2.45, 2.75) is 19.1 Å². The molecule has 2 N–H and O–H groups in total. The van der Waals surface area contributed by atoms with Gasteiger partial charge in [0.15, 0.2) is 0 Å². The second-order valence-corrected chi connectivity index (χ2v) is 3.20. The van der Waals surface area contributed by atoms with Crippen LogP contribution in [-0.4, -0.2) is 17.6 Å². The predicted octanol–water partition coefficient (Wildman–Crippen LogP) is 1.66. The van der Waals surface area contributed by atoms with Gasteiger partial charge in [0.25, 0.3) is 0 Å². The average molecular weight is 248 g/mol. The van der Waals surface area contributed by atoms with Crippen molar-refractivity contribution in [2.24, 2.45) is 5.73 Å². The number of pyridine rings is 1. The van der Waals surface area contributed by atoms with E-state index in [9.17, 15) is 18.0 Å². The summed E-state index contributed by atoms with van der Waals surface area (Å²) in [6.45, 7) is 1.76. The molecule has 0 aliphatic carbocycles. The third-order valence-corrected chi connectivity index (χ3v) is 1.98. The predicted molar refractivity (Wildman–Crippen MR) is 52.8 cm³/mol. The number of hydrogen-bond acceptors (Lipinski definition) is 4. The molecule has 17 heavy (non-hydrogen) atoms. The SMILES string of the molecule is CCOC(=O)C(N)c1ccc(C(F)(F)F)nc1. The Morgan fingerprint density at radius 3 is 2.59 bits per heavy atom. The topological polar surface area (TPSA) is 65.2 Å². The first-order valence-electron chi connectivity index (χ1n) is 4.81. The van der Waals surface area contributed by atoms with Crippen LogP contribution in [0.15, 0.2) is 18.3 Å². The molecule has 1 heterocycles. The summed E-state index contributed by atoms with van der Waals surface area (Å²) in [5.74, 6) is -0.700. The van der Waals surface area contributed by atoms with Crippen LogP contribution in [0.2, 0.25) is 0 Å². The summed E-state index contributed by atoms with van der Waals surface area (Å²) in [6.07, 6.45) is -3.59. The van der Waals surface area contributed by atoms with Crippen molar-refractivity contribution in [1.29, 1.82) is 0 Å². The van der Waals surface area contributed by atoms with Crippen molar-refractivity contribution in [3.63, 3.8) is 0 Å². The Morgan fingerprint density at radius 2 is 2.18 bits per heavy atom. The fourth-order valence-electron chi connectivity index (χ4n) is 1.13. The van der Waals surface area contributed by atoms with E-state index in [1.807, 2.05) is 0 Å². The highest BCUT2D eigenvalue weighted by Crippen LogP contribution is 2.27. The molecule has 0 aliphatic heterocycles. The zero-order valence-corrected chi connectivity index (χ0v) is 8.99.